The van der Waals surface area contributed by atoms with Crippen LogP contribution in [0.2, 0.25) is 0 Å². The zero-order valence-electron chi connectivity index (χ0n) is 19.1. The van der Waals surface area contributed by atoms with Gasteiger partial charge in [0.2, 0.25) is 0 Å². The van der Waals surface area contributed by atoms with Gasteiger partial charge in [-0.3, -0.25) is 0 Å². The molecule has 1 nitrogen and oxygen atoms in total. The second-order valence-corrected chi connectivity index (χ2v) is 10.9. The lowest BCUT2D eigenvalue weighted by molar-refractivity contribution is 0.0146. The summed E-state index contributed by atoms with van der Waals surface area (Å²) in [5.41, 5.74) is 0.0585. The summed E-state index contributed by atoms with van der Waals surface area (Å²) in [6.45, 7) is 4.62. The molecule has 1 heteroatoms. The van der Waals surface area contributed by atoms with E-state index in [-0.39, 0.29) is 5.41 Å². The Hall–Kier alpha value is -0.510. The van der Waals surface area contributed by atoms with Gasteiger partial charge in [-0.1, -0.05) is 84.5 Å². The van der Waals surface area contributed by atoms with E-state index in [2.05, 4.69) is 19.9 Å². The first-order chi connectivity index (χ1) is 13.7. The van der Waals surface area contributed by atoms with Crippen molar-refractivity contribution in [2.45, 2.75) is 129 Å². The number of fused-ring (bicyclic) bond motifs is 1. The number of unbranched alkanes of at least 4 members (excludes halogenated alkanes) is 4. The van der Waals surface area contributed by atoms with Gasteiger partial charge in [-0.2, -0.15) is 5.26 Å². The molecule has 0 aromatic carbocycles. The highest BCUT2D eigenvalue weighted by Gasteiger charge is 2.48. The van der Waals surface area contributed by atoms with Crippen molar-refractivity contribution in [3.05, 3.63) is 0 Å². The second kappa shape index (κ2) is 11.0. The first-order valence-corrected chi connectivity index (χ1v) is 13.1. The fourth-order valence-electron chi connectivity index (χ4n) is 7.25. The monoisotopic (exact) mass is 385 g/mol. The molecule has 1 unspecified atom stereocenters. The fourth-order valence-corrected chi connectivity index (χ4v) is 7.25. The summed E-state index contributed by atoms with van der Waals surface area (Å²) in [6, 6.07) is 2.90. The van der Waals surface area contributed by atoms with Crippen LogP contribution < -0.4 is 0 Å². The standard InChI is InChI=1S/C27H47N/c1-3-5-7-9-22-11-14-24(15-12-22)25-17-18-27(21-28)20-23(10-8-6-4-2)13-16-26(27)19-25/h22-26H,3-20H2,1-2H3/t22?,23-,24?,25?,26-,27-/m1/s1. The molecular formula is C27H47N. The van der Waals surface area contributed by atoms with Crippen LogP contribution in [0.25, 0.3) is 0 Å². The molecule has 3 fully saturated rings. The molecule has 0 radical (unpaired) electrons. The van der Waals surface area contributed by atoms with Crippen LogP contribution in [-0.2, 0) is 0 Å². The number of hydrogen-bond donors (Lipinski definition) is 0. The zero-order chi connectivity index (χ0) is 19.8. The molecule has 0 bridgehead atoms. The average Bonchev–Trinajstić information content (AvgIpc) is 2.74. The van der Waals surface area contributed by atoms with Crippen molar-refractivity contribution in [3.63, 3.8) is 0 Å². The van der Waals surface area contributed by atoms with Crippen molar-refractivity contribution >= 4 is 0 Å². The van der Waals surface area contributed by atoms with Crippen molar-refractivity contribution in [3.8, 4) is 6.07 Å². The van der Waals surface area contributed by atoms with Gasteiger partial charge in [0.05, 0.1) is 11.5 Å². The first-order valence-electron chi connectivity index (χ1n) is 13.1. The quantitative estimate of drug-likeness (QED) is 0.364. The highest BCUT2D eigenvalue weighted by molar-refractivity contribution is 5.09. The lowest BCUT2D eigenvalue weighted by Crippen LogP contribution is -2.42. The number of nitriles is 1. The highest BCUT2D eigenvalue weighted by atomic mass is 14.5. The van der Waals surface area contributed by atoms with Gasteiger partial charge in [-0.25, -0.2) is 0 Å². The normalized spacial score (nSPS) is 38.5. The fraction of sp³-hybridized carbons (Fsp3) is 0.963. The Balaban J connectivity index is 1.46. The van der Waals surface area contributed by atoms with Gasteiger partial charge in [0.25, 0.3) is 0 Å². The maximum absolute atomic E-state index is 10.2. The minimum Gasteiger partial charge on any atom is -0.198 e. The third-order valence-electron chi connectivity index (χ3n) is 9.12. The van der Waals surface area contributed by atoms with Crippen molar-refractivity contribution < 1.29 is 0 Å². The maximum atomic E-state index is 10.2. The minimum atomic E-state index is 0.0585. The van der Waals surface area contributed by atoms with Gasteiger partial charge in [0.1, 0.15) is 0 Å². The summed E-state index contributed by atoms with van der Waals surface area (Å²) in [5.74, 6) is 4.53. The predicted molar refractivity (Wildman–Crippen MR) is 120 cm³/mol. The van der Waals surface area contributed by atoms with Crippen LogP contribution in [0.5, 0.6) is 0 Å². The molecule has 0 saturated heterocycles. The van der Waals surface area contributed by atoms with E-state index in [1.54, 1.807) is 0 Å². The molecule has 0 aromatic rings. The summed E-state index contributed by atoms with van der Waals surface area (Å²) in [5, 5.41) is 10.2. The van der Waals surface area contributed by atoms with Crippen LogP contribution in [-0.4, -0.2) is 0 Å². The van der Waals surface area contributed by atoms with E-state index in [0.29, 0.717) is 0 Å². The SMILES string of the molecule is CCCCCC1CCC(C2CC[C@]3(C#N)C[C@H](CCCCC)CC[C@@H]3C2)CC1. The van der Waals surface area contributed by atoms with Gasteiger partial charge >= 0.3 is 0 Å². The van der Waals surface area contributed by atoms with E-state index in [1.807, 2.05) is 0 Å². The zero-order valence-corrected chi connectivity index (χ0v) is 19.1. The summed E-state index contributed by atoms with van der Waals surface area (Å²) in [6.07, 6.45) is 25.2. The second-order valence-electron chi connectivity index (χ2n) is 10.9. The summed E-state index contributed by atoms with van der Waals surface area (Å²) < 4.78 is 0. The van der Waals surface area contributed by atoms with E-state index in [0.717, 1.165) is 29.6 Å². The Labute approximate surface area is 176 Å². The molecule has 0 aliphatic heterocycles. The van der Waals surface area contributed by atoms with Crippen LogP contribution in [0.15, 0.2) is 0 Å². The topological polar surface area (TPSA) is 23.8 Å². The van der Waals surface area contributed by atoms with Crippen molar-refractivity contribution in [2.24, 2.45) is 35.0 Å². The summed E-state index contributed by atoms with van der Waals surface area (Å²) in [4.78, 5) is 0. The van der Waals surface area contributed by atoms with Gasteiger partial charge in [-0.15, -0.1) is 0 Å². The van der Waals surface area contributed by atoms with Crippen molar-refractivity contribution in [1.29, 1.82) is 5.26 Å². The predicted octanol–water partition coefficient (Wildman–Crippen LogP) is 8.68. The molecule has 28 heavy (non-hydrogen) atoms. The molecule has 0 spiro atoms. The van der Waals surface area contributed by atoms with E-state index in [4.69, 9.17) is 0 Å². The molecule has 3 saturated carbocycles. The van der Waals surface area contributed by atoms with Gasteiger partial charge < -0.3 is 0 Å². The van der Waals surface area contributed by atoms with Crippen LogP contribution >= 0.6 is 0 Å². The lowest BCUT2D eigenvalue weighted by Gasteiger charge is -2.50. The number of hydrogen-bond acceptors (Lipinski definition) is 1. The van der Waals surface area contributed by atoms with E-state index in [1.165, 1.54) is 116 Å². The third kappa shape index (κ3) is 5.55. The van der Waals surface area contributed by atoms with E-state index >= 15 is 0 Å². The van der Waals surface area contributed by atoms with Gasteiger partial charge in [-0.05, 0) is 74.5 Å². The Morgan fingerprint density at radius 3 is 2.04 bits per heavy atom. The first kappa shape index (κ1) is 22.2. The van der Waals surface area contributed by atoms with Gasteiger partial charge in [0, 0.05) is 0 Å². The van der Waals surface area contributed by atoms with Crippen LogP contribution in [0.3, 0.4) is 0 Å². The minimum absolute atomic E-state index is 0.0585. The molecule has 0 aromatic heterocycles. The highest BCUT2D eigenvalue weighted by Crippen LogP contribution is 2.56. The molecule has 0 amide bonds. The molecule has 160 valence electrons. The van der Waals surface area contributed by atoms with E-state index in [9.17, 15) is 5.26 Å². The molecular weight excluding hydrogens is 338 g/mol. The van der Waals surface area contributed by atoms with E-state index < -0.39 is 0 Å². The van der Waals surface area contributed by atoms with Gasteiger partial charge in [0.15, 0.2) is 0 Å². The maximum Gasteiger partial charge on any atom is 0.0692 e. The third-order valence-corrected chi connectivity index (χ3v) is 9.12. The van der Waals surface area contributed by atoms with Crippen molar-refractivity contribution in [2.75, 3.05) is 0 Å². The Morgan fingerprint density at radius 2 is 1.39 bits per heavy atom. The molecule has 0 heterocycles. The molecule has 4 atom stereocenters. The Kier molecular flexibility index (Phi) is 8.74. The number of rotatable bonds is 9. The summed E-state index contributed by atoms with van der Waals surface area (Å²) >= 11 is 0. The Bertz CT molecular complexity index is 483. The molecule has 3 rings (SSSR count). The molecule has 3 aliphatic carbocycles. The smallest absolute Gasteiger partial charge is 0.0692 e. The molecule has 0 N–H and O–H groups in total. The van der Waals surface area contributed by atoms with Crippen LogP contribution in [0.1, 0.15) is 129 Å². The average molecular weight is 386 g/mol. The molecule has 3 aliphatic rings. The lowest BCUT2D eigenvalue weighted by atomic mass is 9.53. The van der Waals surface area contributed by atoms with Crippen molar-refractivity contribution in [1.82, 2.24) is 0 Å². The number of nitrogens with zero attached hydrogens (tertiary/aromatic N) is 1. The largest absolute Gasteiger partial charge is 0.198 e. The van der Waals surface area contributed by atoms with Crippen LogP contribution in [0.4, 0.5) is 0 Å². The summed E-state index contributed by atoms with van der Waals surface area (Å²) in [7, 11) is 0. The Morgan fingerprint density at radius 1 is 0.750 bits per heavy atom. The van der Waals surface area contributed by atoms with Crippen LogP contribution in [0, 0.1) is 46.3 Å².